The SMILES string of the molecule is CCN(CC1COC(Nc2ccccc2)=N1)c1ccc(-c2ccccc2)cc1. The fraction of sp³-hybridized carbons (Fsp3) is 0.208. The lowest BCUT2D eigenvalue weighted by atomic mass is 10.1. The van der Waals surface area contributed by atoms with E-state index < -0.39 is 0 Å². The number of nitrogens with one attached hydrogen (secondary N) is 1. The van der Waals surface area contributed by atoms with Crippen molar-refractivity contribution in [3.05, 3.63) is 84.9 Å². The molecule has 4 rings (SSSR count). The number of para-hydroxylation sites is 1. The van der Waals surface area contributed by atoms with Gasteiger partial charge in [-0.2, -0.15) is 0 Å². The summed E-state index contributed by atoms with van der Waals surface area (Å²) in [5, 5.41) is 3.24. The number of ether oxygens (including phenoxy) is 1. The Bertz CT molecular complexity index is 908. The van der Waals surface area contributed by atoms with Gasteiger partial charge in [0.1, 0.15) is 12.6 Å². The summed E-state index contributed by atoms with van der Waals surface area (Å²) in [4.78, 5) is 7.05. The molecule has 1 aliphatic heterocycles. The Hall–Kier alpha value is -3.27. The van der Waals surface area contributed by atoms with Crippen LogP contribution in [-0.2, 0) is 4.74 Å². The largest absolute Gasteiger partial charge is 0.463 e. The van der Waals surface area contributed by atoms with Gasteiger partial charge in [-0.1, -0.05) is 60.7 Å². The second kappa shape index (κ2) is 8.61. The van der Waals surface area contributed by atoms with E-state index in [4.69, 9.17) is 9.73 Å². The van der Waals surface area contributed by atoms with E-state index in [0.717, 1.165) is 18.8 Å². The highest BCUT2D eigenvalue weighted by atomic mass is 16.5. The van der Waals surface area contributed by atoms with E-state index in [1.807, 2.05) is 36.4 Å². The van der Waals surface area contributed by atoms with E-state index in [0.29, 0.717) is 12.6 Å². The molecular formula is C24H25N3O. The van der Waals surface area contributed by atoms with Crippen molar-refractivity contribution < 1.29 is 4.74 Å². The van der Waals surface area contributed by atoms with Crippen molar-refractivity contribution in [2.45, 2.75) is 13.0 Å². The number of aliphatic imine (C=N–C) groups is 1. The molecular weight excluding hydrogens is 346 g/mol. The van der Waals surface area contributed by atoms with Crippen molar-refractivity contribution in [1.82, 2.24) is 0 Å². The van der Waals surface area contributed by atoms with Crippen LogP contribution in [0.2, 0.25) is 0 Å². The van der Waals surface area contributed by atoms with Crippen LogP contribution in [0.4, 0.5) is 11.4 Å². The van der Waals surface area contributed by atoms with Gasteiger partial charge in [0.15, 0.2) is 0 Å². The van der Waals surface area contributed by atoms with Crippen LogP contribution >= 0.6 is 0 Å². The van der Waals surface area contributed by atoms with Crippen LogP contribution < -0.4 is 10.2 Å². The number of hydrogen-bond acceptors (Lipinski definition) is 4. The summed E-state index contributed by atoms with van der Waals surface area (Å²) in [5.74, 6) is 0. The molecule has 28 heavy (non-hydrogen) atoms. The Labute approximate surface area is 166 Å². The maximum absolute atomic E-state index is 5.74. The minimum absolute atomic E-state index is 0.125. The normalized spacial score (nSPS) is 15.6. The van der Waals surface area contributed by atoms with Crippen LogP contribution in [-0.4, -0.2) is 31.8 Å². The maximum atomic E-state index is 5.74. The van der Waals surface area contributed by atoms with E-state index in [9.17, 15) is 0 Å². The van der Waals surface area contributed by atoms with E-state index in [1.54, 1.807) is 0 Å². The zero-order valence-corrected chi connectivity index (χ0v) is 16.1. The van der Waals surface area contributed by atoms with E-state index in [-0.39, 0.29) is 6.04 Å². The molecule has 0 spiro atoms. The number of hydrogen-bond donors (Lipinski definition) is 1. The molecule has 0 aromatic heterocycles. The molecule has 1 atom stereocenters. The third-order valence-electron chi connectivity index (χ3n) is 4.89. The Morgan fingerprint density at radius 2 is 1.54 bits per heavy atom. The molecule has 0 fully saturated rings. The summed E-state index contributed by atoms with van der Waals surface area (Å²) in [7, 11) is 0. The number of nitrogens with zero attached hydrogens (tertiary/aromatic N) is 2. The van der Waals surface area contributed by atoms with Crippen LogP contribution in [0.1, 0.15) is 6.92 Å². The number of rotatable bonds is 6. The van der Waals surface area contributed by atoms with Crippen molar-refractivity contribution in [1.29, 1.82) is 0 Å². The first-order chi connectivity index (χ1) is 13.8. The quantitative estimate of drug-likeness (QED) is 0.659. The van der Waals surface area contributed by atoms with Gasteiger partial charge in [0.25, 0.3) is 6.02 Å². The molecule has 1 N–H and O–H groups in total. The first-order valence-corrected chi connectivity index (χ1v) is 9.75. The van der Waals surface area contributed by atoms with Crippen LogP contribution in [0, 0.1) is 0 Å². The molecule has 142 valence electrons. The first-order valence-electron chi connectivity index (χ1n) is 9.75. The maximum Gasteiger partial charge on any atom is 0.289 e. The Balaban J connectivity index is 1.40. The van der Waals surface area contributed by atoms with Gasteiger partial charge >= 0.3 is 0 Å². The second-order valence-electron chi connectivity index (χ2n) is 6.84. The predicted octanol–water partition coefficient (Wildman–Crippen LogP) is 5.05. The van der Waals surface area contributed by atoms with E-state index >= 15 is 0 Å². The van der Waals surface area contributed by atoms with Crippen molar-refractivity contribution in [3.63, 3.8) is 0 Å². The fourth-order valence-electron chi connectivity index (χ4n) is 3.39. The lowest BCUT2D eigenvalue weighted by Gasteiger charge is -2.24. The lowest BCUT2D eigenvalue weighted by Crippen LogP contribution is -2.32. The third kappa shape index (κ3) is 4.34. The minimum atomic E-state index is 0.125. The summed E-state index contributed by atoms with van der Waals surface area (Å²) in [5.41, 5.74) is 4.67. The highest BCUT2D eigenvalue weighted by Gasteiger charge is 2.21. The molecule has 4 nitrogen and oxygen atoms in total. The standard InChI is InChI=1S/C24H25N3O/c1-2-27(23-15-13-20(14-16-23)19-9-5-3-6-10-19)17-22-18-28-24(26-22)25-21-11-7-4-8-12-21/h3-16,22H,2,17-18H2,1H3,(H,25,26). The number of likely N-dealkylation sites (N-methyl/N-ethyl adjacent to an activating group) is 1. The molecule has 3 aromatic carbocycles. The van der Waals surface area contributed by atoms with Crippen LogP contribution in [0.5, 0.6) is 0 Å². The molecule has 0 aliphatic carbocycles. The van der Waals surface area contributed by atoms with Gasteiger partial charge in [-0.3, -0.25) is 0 Å². The van der Waals surface area contributed by atoms with E-state index in [2.05, 4.69) is 65.7 Å². The summed E-state index contributed by atoms with van der Waals surface area (Å²) in [6.07, 6.45) is 0. The molecule has 3 aromatic rings. The van der Waals surface area contributed by atoms with Crippen LogP contribution in [0.15, 0.2) is 89.9 Å². The molecule has 1 unspecified atom stereocenters. The number of anilines is 2. The zero-order chi connectivity index (χ0) is 19.2. The fourth-order valence-corrected chi connectivity index (χ4v) is 3.39. The number of benzene rings is 3. The van der Waals surface area contributed by atoms with Crippen molar-refractivity contribution >= 4 is 17.4 Å². The van der Waals surface area contributed by atoms with Gasteiger partial charge < -0.3 is 15.0 Å². The summed E-state index contributed by atoms with van der Waals surface area (Å²) >= 11 is 0. The Kier molecular flexibility index (Phi) is 5.57. The summed E-state index contributed by atoms with van der Waals surface area (Å²) < 4.78 is 5.74. The topological polar surface area (TPSA) is 36.9 Å². The highest BCUT2D eigenvalue weighted by Crippen LogP contribution is 2.24. The van der Waals surface area contributed by atoms with Gasteiger partial charge in [0.05, 0.1) is 0 Å². The van der Waals surface area contributed by atoms with E-state index in [1.165, 1.54) is 16.8 Å². The van der Waals surface area contributed by atoms with Crippen LogP contribution in [0.3, 0.4) is 0 Å². The van der Waals surface area contributed by atoms with Crippen molar-refractivity contribution in [3.8, 4) is 11.1 Å². The van der Waals surface area contributed by atoms with Gasteiger partial charge in [-0.05, 0) is 42.3 Å². The van der Waals surface area contributed by atoms with Crippen molar-refractivity contribution in [2.75, 3.05) is 29.9 Å². The first kappa shape index (κ1) is 18.1. The average Bonchev–Trinajstić information content (AvgIpc) is 3.20. The Morgan fingerprint density at radius 3 is 2.21 bits per heavy atom. The van der Waals surface area contributed by atoms with Crippen molar-refractivity contribution in [2.24, 2.45) is 4.99 Å². The van der Waals surface area contributed by atoms with Gasteiger partial charge in [-0.25, -0.2) is 4.99 Å². The molecule has 0 saturated carbocycles. The van der Waals surface area contributed by atoms with Crippen LogP contribution in [0.25, 0.3) is 11.1 Å². The summed E-state index contributed by atoms with van der Waals surface area (Å²) in [6, 6.07) is 29.9. The number of amidine groups is 1. The summed E-state index contributed by atoms with van der Waals surface area (Å²) in [6.45, 7) is 4.54. The minimum Gasteiger partial charge on any atom is -0.463 e. The van der Waals surface area contributed by atoms with Gasteiger partial charge in [0.2, 0.25) is 0 Å². The smallest absolute Gasteiger partial charge is 0.289 e. The third-order valence-corrected chi connectivity index (χ3v) is 4.89. The highest BCUT2D eigenvalue weighted by molar-refractivity contribution is 5.90. The molecule has 0 amide bonds. The average molecular weight is 371 g/mol. The molecule has 0 saturated heterocycles. The van der Waals surface area contributed by atoms with Gasteiger partial charge in [0, 0.05) is 24.5 Å². The second-order valence-corrected chi connectivity index (χ2v) is 6.84. The molecule has 0 radical (unpaired) electrons. The molecule has 4 heteroatoms. The van der Waals surface area contributed by atoms with Gasteiger partial charge in [-0.15, -0.1) is 0 Å². The molecule has 0 bridgehead atoms. The lowest BCUT2D eigenvalue weighted by molar-refractivity contribution is 0.316. The molecule has 1 aliphatic rings. The monoisotopic (exact) mass is 371 g/mol. The predicted molar refractivity (Wildman–Crippen MR) is 117 cm³/mol. The Morgan fingerprint density at radius 1 is 0.893 bits per heavy atom. The molecule has 1 heterocycles. The zero-order valence-electron chi connectivity index (χ0n) is 16.1.